The van der Waals surface area contributed by atoms with E-state index in [1.807, 2.05) is 4.90 Å². The van der Waals surface area contributed by atoms with Gasteiger partial charge in [0.25, 0.3) is 0 Å². The Balaban J connectivity index is 2.24. The maximum absolute atomic E-state index is 11.7. The lowest BCUT2D eigenvalue weighted by Crippen LogP contribution is -2.40. The quantitative estimate of drug-likeness (QED) is 0.717. The lowest BCUT2D eigenvalue weighted by Gasteiger charge is -2.25. The first-order valence-corrected chi connectivity index (χ1v) is 7.69. The van der Waals surface area contributed by atoms with Gasteiger partial charge in [0.2, 0.25) is 16.8 Å². The van der Waals surface area contributed by atoms with Crippen molar-refractivity contribution in [3.05, 3.63) is 5.28 Å². The second-order valence-electron chi connectivity index (χ2n) is 5.74. The fourth-order valence-electron chi connectivity index (χ4n) is 2.48. The van der Waals surface area contributed by atoms with Crippen molar-refractivity contribution < 1.29 is 19.0 Å². The number of nitrogens with zero attached hydrogens (tertiary/aromatic N) is 4. The van der Waals surface area contributed by atoms with Crippen LogP contribution in [0.3, 0.4) is 0 Å². The average molecular weight is 345 g/mol. The van der Waals surface area contributed by atoms with Crippen molar-refractivity contribution in [3.63, 3.8) is 0 Å². The van der Waals surface area contributed by atoms with Crippen LogP contribution in [0.25, 0.3) is 0 Å². The Morgan fingerprint density at radius 1 is 1.35 bits per heavy atom. The number of halogens is 1. The zero-order valence-electron chi connectivity index (χ0n) is 13.7. The molecule has 0 unspecified atom stereocenters. The van der Waals surface area contributed by atoms with Crippen molar-refractivity contribution in [2.24, 2.45) is 0 Å². The normalized spacial score (nSPS) is 18.1. The molecule has 0 spiro atoms. The highest BCUT2D eigenvalue weighted by molar-refractivity contribution is 6.28. The molecule has 1 atom stereocenters. The van der Waals surface area contributed by atoms with Crippen LogP contribution in [0.2, 0.25) is 5.28 Å². The second kappa shape index (κ2) is 7.27. The van der Waals surface area contributed by atoms with Crippen LogP contribution in [-0.4, -0.2) is 59.9 Å². The number of anilines is 1. The summed E-state index contributed by atoms with van der Waals surface area (Å²) in [7, 11) is 2.95. The molecular weight excluding hydrogens is 324 g/mol. The maximum Gasteiger partial charge on any atom is 0.349 e. The molecular formula is C14H21ClN4O4. The monoisotopic (exact) mass is 344 g/mol. The SMILES string of the molecule is COC[C@@H]1CCCN1c1nc(Cl)nc(OC(C)(C)C(=O)OC)n1. The Hall–Kier alpha value is -1.67. The fourth-order valence-corrected chi connectivity index (χ4v) is 2.62. The molecule has 9 heteroatoms. The molecule has 23 heavy (non-hydrogen) atoms. The van der Waals surface area contributed by atoms with Gasteiger partial charge in [-0.3, -0.25) is 0 Å². The summed E-state index contributed by atoms with van der Waals surface area (Å²) in [6.45, 7) is 4.51. The maximum atomic E-state index is 11.7. The van der Waals surface area contributed by atoms with Crippen LogP contribution < -0.4 is 9.64 Å². The lowest BCUT2D eigenvalue weighted by molar-refractivity contribution is -0.156. The summed E-state index contributed by atoms with van der Waals surface area (Å²) in [6.07, 6.45) is 2.00. The summed E-state index contributed by atoms with van der Waals surface area (Å²) < 4.78 is 15.5. The summed E-state index contributed by atoms with van der Waals surface area (Å²) in [6, 6.07) is 0.165. The van der Waals surface area contributed by atoms with Gasteiger partial charge in [0, 0.05) is 13.7 Å². The van der Waals surface area contributed by atoms with Crippen molar-refractivity contribution in [1.82, 2.24) is 15.0 Å². The van der Waals surface area contributed by atoms with Crippen LogP contribution in [-0.2, 0) is 14.3 Å². The Morgan fingerprint density at radius 2 is 2.09 bits per heavy atom. The van der Waals surface area contributed by atoms with Gasteiger partial charge >= 0.3 is 12.0 Å². The minimum absolute atomic E-state index is 0.00809. The highest BCUT2D eigenvalue weighted by Gasteiger charge is 2.33. The third-order valence-electron chi connectivity index (χ3n) is 3.59. The second-order valence-corrected chi connectivity index (χ2v) is 6.07. The fraction of sp³-hybridized carbons (Fsp3) is 0.714. The van der Waals surface area contributed by atoms with Crippen molar-refractivity contribution >= 4 is 23.5 Å². The van der Waals surface area contributed by atoms with Crippen LogP contribution in [0, 0.1) is 0 Å². The van der Waals surface area contributed by atoms with E-state index in [0.29, 0.717) is 12.6 Å². The van der Waals surface area contributed by atoms with Gasteiger partial charge in [-0.05, 0) is 38.3 Å². The highest BCUT2D eigenvalue weighted by atomic mass is 35.5. The Kier molecular flexibility index (Phi) is 5.59. The Labute approximate surface area is 140 Å². The zero-order valence-corrected chi connectivity index (χ0v) is 14.5. The van der Waals surface area contributed by atoms with E-state index in [1.54, 1.807) is 21.0 Å². The van der Waals surface area contributed by atoms with E-state index < -0.39 is 11.6 Å². The van der Waals surface area contributed by atoms with E-state index in [9.17, 15) is 4.79 Å². The van der Waals surface area contributed by atoms with Crippen LogP contribution in [0.15, 0.2) is 0 Å². The summed E-state index contributed by atoms with van der Waals surface area (Å²) in [5.41, 5.74) is -1.23. The molecule has 0 amide bonds. The molecule has 0 saturated carbocycles. The molecule has 1 aliphatic rings. The van der Waals surface area contributed by atoms with Crippen molar-refractivity contribution in [3.8, 4) is 6.01 Å². The molecule has 1 aromatic rings. The predicted octanol–water partition coefficient (Wildman–Crippen LogP) is 1.47. The summed E-state index contributed by atoms with van der Waals surface area (Å²) in [5, 5.41) is 0.00809. The van der Waals surface area contributed by atoms with Gasteiger partial charge < -0.3 is 19.1 Å². The van der Waals surface area contributed by atoms with Crippen molar-refractivity contribution in [1.29, 1.82) is 0 Å². The third kappa shape index (κ3) is 4.20. The number of rotatable bonds is 6. The Morgan fingerprint density at radius 3 is 2.74 bits per heavy atom. The van der Waals surface area contributed by atoms with E-state index in [0.717, 1.165) is 19.4 Å². The summed E-state index contributed by atoms with van der Waals surface area (Å²) in [4.78, 5) is 26.1. The van der Waals surface area contributed by atoms with E-state index in [1.165, 1.54) is 7.11 Å². The largest absolute Gasteiger partial charge is 0.466 e. The third-order valence-corrected chi connectivity index (χ3v) is 3.76. The van der Waals surface area contributed by atoms with Gasteiger partial charge in [-0.2, -0.15) is 15.0 Å². The van der Waals surface area contributed by atoms with E-state index in [2.05, 4.69) is 15.0 Å². The minimum Gasteiger partial charge on any atom is -0.466 e. The first kappa shape index (κ1) is 17.7. The molecule has 0 radical (unpaired) electrons. The summed E-state index contributed by atoms with van der Waals surface area (Å²) in [5.74, 6) is -0.116. The highest BCUT2D eigenvalue weighted by Crippen LogP contribution is 2.26. The topological polar surface area (TPSA) is 86.7 Å². The van der Waals surface area contributed by atoms with Crippen LogP contribution >= 0.6 is 11.6 Å². The smallest absolute Gasteiger partial charge is 0.349 e. The van der Waals surface area contributed by atoms with Gasteiger partial charge in [0.15, 0.2) is 0 Å². The van der Waals surface area contributed by atoms with Crippen molar-refractivity contribution in [2.75, 3.05) is 32.3 Å². The summed E-state index contributed by atoms with van der Waals surface area (Å²) >= 11 is 5.98. The number of esters is 1. The van der Waals surface area contributed by atoms with Crippen LogP contribution in [0.1, 0.15) is 26.7 Å². The number of carbonyl (C=O) groups excluding carboxylic acids is 1. The molecule has 1 fully saturated rings. The number of aromatic nitrogens is 3. The van der Waals surface area contributed by atoms with Gasteiger partial charge in [0.05, 0.1) is 19.8 Å². The van der Waals surface area contributed by atoms with Gasteiger partial charge in [-0.1, -0.05) is 0 Å². The van der Waals surface area contributed by atoms with Crippen LogP contribution in [0.5, 0.6) is 6.01 Å². The van der Waals surface area contributed by atoms with Crippen LogP contribution in [0.4, 0.5) is 5.95 Å². The number of hydrogen-bond donors (Lipinski definition) is 0. The number of hydrogen-bond acceptors (Lipinski definition) is 8. The van der Waals surface area contributed by atoms with E-state index in [-0.39, 0.29) is 17.3 Å². The molecule has 2 rings (SSSR count). The number of ether oxygens (including phenoxy) is 3. The minimum atomic E-state index is -1.23. The van der Waals surface area contributed by atoms with Crippen molar-refractivity contribution in [2.45, 2.75) is 38.3 Å². The first-order chi connectivity index (χ1) is 10.9. The molecule has 0 N–H and O–H groups in total. The standard InChI is InChI=1S/C14H21ClN4O4/c1-14(2,10(20)22-4)23-13-17-11(15)16-12(18-13)19-7-5-6-9(19)8-21-3/h9H,5-8H2,1-4H3/t9-/m0/s1. The zero-order chi connectivity index (χ0) is 17.0. The molecule has 1 aromatic heterocycles. The lowest BCUT2D eigenvalue weighted by atomic mass is 10.1. The molecule has 0 aliphatic carbocycles. The van der Waals surface area contributed by atoms with Gasteiger partial charge in [-0.25, -0.2) is 4.79 Å². The van der Waals surface area contributed by atoms with E-state index in [4.69, 9.17) is 25.8 Å². The first-order valence-electron chi connectivity index (χ1n) is 7.32. The molecule has 1 aliphatic heterocycles. The molecule has 0 bridgehead atoms. The number of methoxy groups -OCH3 is 2. The van der Waals surface area contributed by atoms with Gasteiger partial charge in [0.1, 0.15) is 0 Å². The number of carbonyl (C=O) groups is 1. The molecule has 1 saturated heterocycles. The molecule has 128 valence electrons. The molecule has 8 nitrogen and oxygen atoms in total. The molecule has 0 aromatic carbocycles. The Bertz CT molecular complexity index is 570. The van der Waals surface area contributed by atoms with Gasteiger partial charge in [-0.15, -0.1) is 0 Å². The average Bonchev–Trinajstić information content (AvgIpc) is 2.94. The molecule has 2 heterocycles. The predicted molar refractivity (Wildman–Crippen MR) is 83.8 cm³/mol. The van der Waals surface area contributed by atoms with E-state index >= 15 is 0 Å².